The van der Waals surface area contributed by atoms with Gasteiger partial charge in [-0.25, -0.2) is 0 Å². The summed E-state index contributed by atoms with van der Waals surface area (Å²) in [6, 6.07) is 9.86. The Balaban J connectivity index is 1.59. The highest BCUT2D eigenvalue weighted by atomic mass is 16.1. The number of piperidine rings is 3. The molecule has 0 radical (unpaired) electrons. The van der Waals surface area contributed by atoms with Gasteiger partial charge in [-0.2, -0.15) is 0 Å². The highest BCUT2D eigenvalue weighted by Crippen LogP contribution is 2.39. The molecular formula is C19H23N3O. The van der Waals surface area contributed by atoms with E-state index in [1.165, 1.54) is 12.8 Å². The van der Waals surface area contributed by atoms with Crippen molar-refractivity contribution in [1.82, 2.24) is 15.2 Å². The maximum Gasteiger partial charge on any atom is 0.251 e. The minimum Gasteiger partial charge on any atom is -0.347 e. The van der Waals surface area contributed by atoms with Crippen molar-refractivity contribution in [1.29, 1.82) is 0 Å². The third-order valence-electron chi connectivity index (χ3n) is 5.74. The predicted octanol–water partition coefficient (Wildman–Crippen LogP) is 2.84. The van der Waals surface area contributed by atoms with Gasteiger partial charge in [0.1, 0.15) is 0 Å². The van der Waals surface area contributed by atoms with Gasteiger partial charge >= 0.3 is 0 Å². The van der Waals surface area contributed by atoms with Crippen LogP contribution in [0.4, 0.5) is 0 Å². The van der Waals surface area contributed by atoms with E-state index in [1.807, 2.05) is 30.3 Å². The maximum atomic E-state index is 12.8. The summed E-state index contributed by atoms with van der Waals surface area (Å²) >= 11 is 0. The van der Waals surface area contributed by atoms with Gasteiger partial charge in [-0.15, -0.1) is 0 Å². The third-order valence-corrected chi connectivity index (χ3v) is 5.74. The molecule has 4 heterocycles. The first-order valence-corrected chi connectivity index (χ1v) is 8.46. The molecule has 1 aromatic heterocycles. The molecule has 3 saturated heterocycles. The molecule has 0 saturated carbocycles. The summed E-state index contributed by atoms with van der Waals surface area (Å²) in [6.45, 7) is 6.83. The van der Waals surface area contributed by atoms with E-state index in [-0.39, 0.29) is 17.5 Å². The molecule has 1 N–H and O–H groups in total. The molecule has 2 aromatic rings. The van der Waals surface area contributed by atoms with E-state index in [0.29, 0.717) is 5.92 Å². The van der Waals surface area contributed by atoms with Crippen LogP contribution in [0.1, 0.15) is 37.0 Å². The fourth-order valence-corrected chi connectivity index (χ4v) is 4.32. The largest absolute Gasteiger partial charge is 0.347 e. The van der Waals surface area contributed by atoms with E-state index in [4.69, 9.17) is 0 Å². The molecule has 0 spiro atoms. The molecule has 4 nitrogen and oxygen atoms in total. The van der Waals surface area contributed by atoms with Gasteiger partial charge in [0.05, 0.1) is 5.52 Å². The molecule has 3 aliphatic heterocycles. The molecule has 0 aliphatic carbocycles. The van der Waals surface area contributed by atoms with E-state index in [1.54, 1.807) is 6.20 Å². The lowest BCUT2D eigenvalue weighted by Gasteiger charge is -2.56. The average molecular weight is 309 g/mol. The number of hydrogen-bond acceptors (Lipinski definition) is 3. The topological polar surface area (TPSA) is 45.2 Å². The van der Waals surface area contributed by atoms with Gasteiger partial charge in [0.15, 0.2) is 0 Å². The molecule has 4 heteroatoms. The lowest BCUT2D eigenvalue weighted by atomic mass is 9.72. The molecule has 1 amide bonds. The van der Waals surface area contributed by atoms with Crippen LogP contribution in [0.5, 0.6) is 0 Å². The second-order valence-corrected chi connectivity index (χ2v) is 7.34. The van der Waals surface area contributed by atoms with Gasteiger partial charge in [0.25, 0.3) is 5.91 Å². The quantitative estimate of drug-likeness (QED) is 0.928. The second-order valence-electron chi connectivity index (χ2n) is 7.34. The van der Waals surface area contributed by atoms with Crippen LogP contribution in [0, 0.1) is 5.92 Å². The fraction of sp³-hybridized carbons (Fsp3) is 0.474. The van der Waals surface area contributed by atoms with Crippen molar-refractivity contribution in [3.8, 4) is 0 Å². The normalized spacial score (nSPS) is 28.7. The number of fused-ring (bicyclic) bond motifs is 4. The third kappa shape index (κ3) is 2.41. The number of hydrogen-bond donors (Lipinski definition) is 1. The number of nitrogens with zero attached hydrogens (tertiary/aromatic N) is 2. The molecule has 2 bridgehead atoms. The van der Waals surface area contributed by atoms with E-state index >= 15 is 0 Å². The Kier molecular flexibility index (Phi) is 3.38. The van der Waals surface area contributed by atoms with E-state index in [2.05, 4.69) is 29.0 Å². The molecule has 120 valence electrons. The molecule has 23 heavy (non-hydrogen) atoms. The fourth-order valence-electron chi connectivity index (χ4n) is 4.32. The van der Waals surface area contributed by atoms with E-state index < -0.39 is 0 Å². The highest BCUT2D eigenvalue weighted by molar-refractivity contribution is 5.98. The van der Waals surface area contributed by atoms with Crippen LogP contribution in [-0.2, 0) is 0 Å². The van der Waals surface area contributed by atoms with E-state index in [0.717, 1.165) is 29.6 Å². The number of amides is 1. The lowest BCUT2D eigenvalue weighted by Crippen LogP contribution is -2.69. The molecule has 5 rings (SSSR count). The summed E-state index contributed by atoms with van der Waals surface area (Å²) in [5.41, 5.74) is 1.68. The number of aromatic nitrogens is 1. The Labute approximate surface area is 136 Å². The summed E-state index contributed by atoms with van der Waals surface area (Å²) in [6.07, 6.45) is 4.16. The summed E-state index contributed by atoms with van der Waals surface area (Å²) in [5.74, 6) is 0.628. The molecule has 1 atom stereocenters. The Morgan fingerprint density at radius 2 is 2.04 bits per heavy atom. The number of nitrogens with one attached hydrogen (secondary N) is 1. The van der Waals surface area contributed by atoms with Crippen LogP contribution in [0.15, 0.2) is 36.5 Å². The van der Waals surface area contributed by atoms with Crippen molar-refractivity contribution in [2.45, 2.75) is 38.3 Å². The lowest BCUT2D eigenvalue weighted by molar-refractivity contribution is -0.0378. The number of benzene rings is 1. The van der Waals surface area contributed by atoms with Crippen LogP contribution in [0.25, 0.3) is 10.9 Å². The summed E-state index contributed by atoms with van der Waals surface area (Å²) < 4.78 is 0. The summed E-state index contributed by atoms with van der Waals surface area (Å²) in [5, 5.41) is 4.33. The van der Waals surface area contributed by atoms with Crippen molar-refractivity contribution in [2.75, 3.05) is 13.1 Å². The van der Waals surface area contributed by atoms with Crippen molar-refractivity contribution in [3.05, 3.63) is 42.1 Å². The van der Waals surface area contributed by atoms with Crippen molar-refractivity contribution < 1.29 is 4.79 Å². The molecule has 3 fully saturated rings. The van der Waals surface area contributed by atoms with Crippen LogP contribution in [0.3, 0.4) is 0 Å². The van der Waals surface area contributed by atoms with Crippen LogP contribution >= 0.6 is 0 Å². The predicted molar refractivity (Wildman–Crippen MR) is 91.4 cm³/mol. The van der Waals surface area contributed by atoms with Crippen molar-refractivity contribution >= 4 is 16.8 Å². The van der Waals surface area contributed by atoms with E-state index in [9.17, 15) is 4.79 Å². The molecule has 3 aliphatic rings. The number of carbonyl (C=O) groups excluding carboxylic acids is 1. The standard InChI is InChI=1S/C19H23N3O/c1-19(2)17(13-7-10-22(19)11-8-13)21-18(23)15-5-6-16-14(12-15)4-3-9-20-16/h3-6,9,12-13,17H,7-8,10-11H2,1-2H3,(H,21,23)/t17-/m0/s1. The van der Waals surface area contributed by atoms with Gasteiger partial charge in [0, 0.05) is 28.7 Å². The average Bonchev–Trinajstić information content (AvgIpc) is 2.58. The first-order valence-electron chi connectivity index (χ1n) is 8.46. The van der Waals surface area contributed by atoms with Gasteiger partial charge in [-0.3, -0.25) is 14.7 Å². The molecule has 0 unspecified atom stereocenters. The minimum atomic E-state index is 0.0302. The van der Waals surface area contributed by atoms with Crippen LogP contribution in [-0.4, -0.2) is 40.5 Å². The first-order chi connectivity index (χ1) is 11.1. The van der Waals surface area contributed by atoms with Gasteiger partial charge in [-0.05, 0) is 70.0 Å². The van der Waals surface area contributed by atoms with Gasteiger partial charge in [-0.1, -0.05) is 6.07 Å². The maximum absolute atomic E-state index is 12.8. The Bertz CT molecular complexity index is 747. The number of rotatable bonds is 2. The van der Waals surface area contributed by atoms with Crippen molar-refractivity contribution in [2.24, 2.45) is 5.92 Å². The van der Waals surface area contributed by atoms with Crippen LogP contribution < -0.4 is 5.32 Å². The zero-order chi connectivity index (χ0) is 16.0. The number of pyridine rings is 1. The summed E-state index contributed by atoms with van der Waals surface area (Å²) in [7, 11) is 0. The zero-order valence-corrected chi connectivity index (χ0v) is 13.7. The molecule has 1 aromatic carbocycles. The van der Waals surface area contributed by atoms with Crippen LogP contribution in [0.2, 0.25) is 0 Å². The Morgan fingerprint density at radius 1 is 1.26 bits per heavy atom. The zero-order valence-electron chi connectivity index (χ0n) is 13.7. The number of carbonyl (C=O) groups is 1. The monoisotopic (exact) mass is 309 g/mol. The summed E-state index contributed by atoms with van der Waals surface area (Å²) in [4.78, 5) is 19.6. The highest BCUT2D eigenvalue weighted by Gasteiger charge is 2.48. The minimum absolute atomic E-state index is 0.0302. The van der Waals surface area contributed by atoms with Crippen molar-refractivity contribution in [3.63, 3.8) is 0 Å². The smallest absolute Gasteiger partial charge is 0.251 e. The first kappa shape index (κ1) is 14.6. The SMILES string of the molecule is CC1(C)[C@@H](NC(=O)c2ccc3ncccc3c2)C2CCN1CC2. The molecular weight excluding hydrogens is 286 g/mol. The van der Waals surface area contributed by atoms with Gasteiger partial charge < -0.3 is 5.32 Å². The second kappa shape index (κ2) is 5.31. The Hall–Kier alpha value is -1.94. The Morgan fingerprint density at radius 3 is 2.78 bits per heavy atom. The van der Waals surface area contributed by atoms with Gasteiger partial charge in [0.2, 0.25) is 0 Å².